The highest BCUT2D eigenvalue weighted by Gasteiger charge is 2.51. The number of benzene rings is 1. The second-order valence-corrected chi connectivity index (χ2v) is 9.36. The van der Waals surface area contributed by atoms with Crippen LogP contribution in [0.1, 0.15) is 39.2 Å². The molecule has 0 aliphatic carbocycles. The molecular weight excluding hydrogens is 411 g/mol. The van der Waals surface area contributed by atoms with Gasteiger partial charge in [-0.1, -0.05) is 36.9 Å². The Labute approximate surface area is 168 Å². The average Bonchev–Trinajstić information content (AvgIpc) is 2.59. The van der Waals surface area contributed by atoms with E-state index < -0.39 is 38.5 Å². The van der Waals surface area contributed by atoms with Crippen LogP contribution in [0.3, 0.4) is 0 Å². The molecular formula is C19H24F3NO5S. The molecule has 1 heterocycles. The molecule has 1 amide bonds. The van der Waals surface area contributed by atoms with Crippen LogP contribution in [0.15, 0.2) is 42.7 Å². The van der Waals surface area contributed by atoms with Crippen molar-refractivity contribution in [1.82, 2.24) is 4.90 Å². The van der Waals surface area contributed by atoms with E-state index in [0.717, 1.165) is 0 Å². The molecule has 0 spiro atoms. The summed E-state index contributed by atoms with van der Waals surface area (Å²) < 4.78 is 71.1. The van der Waals surface area contributed by atoms with E-state index in [-0.39, 0.29) is 25.9 Å². The van der Waals surface area contributed by atoms with Gasteiger partial charge in [-0.25, -0.2) is 4.79 Å². The average molecular weight is 435 g/mol. The Hall–Kier alpha value is -2.23. The highest BCUT2D eigenvalue weighted by atomic mass is 32.2. The van der Waals surface area contributed by atoms with E-state index >= 15 is 0 Å². The highest BCUT2D eigenvalue weighted by molar-refractivity contribution is 7.87. The van der Waals surface area contributed by atoms with Crippen LogP contribution < -0.4 is 0 Å². The van der Waals surface area contributed by atoms with Crippen molar-refractivity contribution in [2.24, 2.45) is 0 Å². The Morgan fingerprint density at radius 2 is 1.62 bits per heavy atom. The first kappa shape index (κ1) is 23.1. The number of halogens is 3. The standard InChI is InChI=1S/C19H24F3NO5S/c1-14(28-29(25,26)19(20,21)22)18(15-8-6-5-7-9-15)10-12-23(13-11-18)16(24)27-17(2,3)4/h5-9H,1,10-13H2,2-4H3. The summed E-state index contributed by atoms with van der Waals surface area (Å²) in [5, 5.41) is 0. The fourth-order valence-corrected chi connectivity index (χ4v) is 3.66. The Morgan fingerprint density at radius 1 is 1.10 bits per heavy atom. The zero-order valence-corrected chi connectivity index (χ0v) is 17.3. The zero-order chi connectivity index (χ0) is 22.1. The predicted molar refractivity (Wildman–Crippen MR) is 100 cm³/mol. The SMILES string of the molecule is C=C(OS(=O)(=O)C(F)(F)F)C1(c2ccccc2)CCN(C(=O)OC(C)(C)C)CC1. The molecule has 1 fully saturated rings. The maximum atomic E-state index is 12.8. The number of ether oxygens (including phenoxy) is 1. The van der Waals surface area contributed by atoms with Crippen LogP contribution >= 0.6 is 0 Å². The van der Waals surface area contributed by atoms with Gasteiger partial charge in [-0.2, -0.15) is 21.6 Å². The lowest BCUT2D eigenvalue weighted by Gasteiger charge is -2.42. The Morgan fingerprint density at radius 3 is 2.07 bits per heavy atom. The molecule has 1 aromatic rings. The van der Waals surface area contributed by atoms with Gasteiger partial charge in [0.2, 0.25) is 0 Å². The number of amides is 1. The van der Waals surface area contributed by atoms with Gasteiger partial charge in [0.05, 0.1) is 5.41 Å². The lowest BCUT2D eigenvalue weighted by molar-refractivity contribution is -0.0531. The van der Waals surface area contributed by atoms with Crippen LogP contribution in [0.25, 0.3) is 0 Å². The minimum Gasteiger partial charge on any atom is -0.444 e. The van der Waals surface area contributed by atoms with Crippen LogP contribution in [0.4, 0.5) is 18.0 Å². The third-order valence-electron chi connectivity index (χ3n) is 4.62. The van der Waals surface area contributed by atoms with Crippen molar-refractivity contribution in [3.63, 3.8) is 0 Å². The molecule has 1 saturated heterocycles. The van der Waals surface area contributed by atoms with Crippen LogP contribution in [-0.4, -0.2) is 43.6 Å². The third kappa shape index (κ3) is 5.23. The van der Waals surface area contributed by atoms with Gasteiger partial charge in [-0.05, 0) is 39.2 Å². The third-order valence-corrected chi connectivity index (χ3v) is 5.61. The second-order valence-electron chi connectivity index (χ2n) is 7.82. The summed E-state index contributed by atoms with van der Waals surface area (Å²) >= 11 is 0. The molecule has 1 aliphatic heterocycles. The molecule has 2 rings (SSSR count). The number of carbonyl (C=O) groups is 1. The van der Waals surface area contributed by atoms with Crippen molar-refractivity contribution in [3.8, 4) is 0 Å². The van der Waals surface area contributed by atoms with Gasteiger partial charge in [0.1, 0.15) is 11.4 Å². The van der Waals surface area contributed by atoms with Gasteiger partial charge in [0.25, 0.3) is 0 Å². The number of hydrogen-bond donors (Lipinski definition) is 0. The second kappa shape index (κ2) is 7.89. The van der Waals surface area contributed by atoms with E-state index in [9.17, 15) is 26.4 Å². The number of allylic oxidation sites excluding steroid dienone is 1. The highest BCUT2D eigenvalue weighted by Crippen LogP contribution is 2.43. The van der Waals surface area contributed by atoms with Crippen molar-refractivity contribution in [2.45, 2.75) is 50.1 Å². The Bertz CT molecular complexity index is 852. The van der Waals surface area contributed by atoms with Crippen LogP contribution in [0.2, 0.25) is 0 Å². The van der Waals surface area contributed by atoms with Gasteiger partial charge >= 0.3 is 21.7 Å². The van der Waals surface area contributed by atoms with E-state index in [1.165, 1.54) is 4.90 Å². The maximum Gasteiger partial charge on any atom is 0.534 e. The van der Waals surface area contributed by atoms with Gasteiger partial charge in [-0.15, -0.1) is 0 Å². The molecule has 0 N–H and O–H groups in total. The van der Waals surface area contributed by atoms with Crippen molar-refractivity contribution < 1.29 is 35.3 Å². The maximum absolute atomic E-state index is 12.8. The van der Waals surface area contributed by atoms with E-state index in [0.29, 0.717) is 5.56 Å². The Kier molecular flexibility index (Phi) is 6.27. The number of hydrogen-bond acceptors (Lipinski definition) is 5. The summed E-state index contributed by atoms with van der Waals surface area (Å²) in [4.78, 5) is 13.7. The molecule has 0 atom stereocenters. The lowest BCUT2D eigenvalue weighted by atomic mass is 9.71. The van der Waals surface area contributed by atoms with Crippen LogP contribution in [0.5, 0.6) is 0 Å². The first-order valence-electron chi connectivity index (χ1n) is 8.91. The molecule has 1 aliphatic rings. The summed E-state index contributed by atoms with van der Waals surface area (Å²) in [7, 11) is -5.85. The monoisotopic (exact) mass is 435 g/mol. The number of nitrogens with zero attached hydrogens (tertiary/aromatic N) is 1. The largest absolute Gasteiger partial charge is 0.534 e. The smallest absolute Gasteiger partial charge is 0.444 e. The molecule has 0 bridgehead atoms. The minimum atomic E-state index is -5.85. The van der Waals surface area contributed by atoms with Crippen molar-refractivity contribution >= 4 is 16.2 Å². The number of alkyl halides is 3. The van der Waals surface area contributed by atoms with Crippen LogP contribution in [-0.2, 0) is 24.5 Å². The quantitative estimate of drug-likeness (QED) is 0.400. The van der Waals surface area contributed by atoms with E-state index in [1.54, 1.807) is 51.1 Å². The predicted octanol–water partition coefficient (Wildman–Crippen LogP) is 4.34. The summed E-state index contributed by atoms with van der Waals surface area (Å²) in [5.74, 6) is -0.523. The summed E-state index contributed by atoms with van der Waals surface area (Å²) in [6, 6.07) is 8.42. The molecule has 0 unspecified atom stereocenters. The molecule has 6 nitrogen and oxygen atoms in total. The lowest BCUT2D eigenvalue weighted by Crippen LogP contribution is -2.48. The van der Waals surface area contributed by atoms with E-state index in [2.05, 4.69) is 10.8 Å². The minimum absolute atomic E-state index is 0.127. The molecule has 29 heavy (non-hydrogen) atoms. The topological polar surface area (TPSA) is 72.9 Å². The summed E-state index contributed by atoms with van der Waals surface area (Å²) in [6.07, 6.45) is -0.293. The first-order valence-corrected chi connectivity index (χ1v) is 10.3. The molecule has 0 saturated carbocycles. The number of rotatable bonds is 4. The zero-order valence-electron chi connectivity index (χ0n) is 16.5. The molecule has 162 valence electrons. The normalized spacial score (nSPS) is 17.5. The van der Waals surface area contributed by atoms with Crippen molar-refractivity contribution in [3.05, 3.63) is 48.2 Å². The molecule has 1 aromatic carbocycles. The van der Waals surface area contributed by atoms with Crippen molar-refractivity contribution in [2.75, 3.05) is 13.1 Å². The Balaban J connectivity index is 2.29. The number of carbonyl (C=O) groups excluding carboxylic acids is 1. The molecule has 0 aromatic heterocycles. The number of piperidine rings is 1. The number of likely N-dealkylation sites (tertiary alicyclic amines) is 1. The summed E-state index contributed by atoms with van der Waals surface area (Å²) in [5.41, 5.74) is -6.90. The van der Waals surface area contributed by atoms with E-state index in [4.69, 9.17) is 4.74 Å². The fourth-order valence-electron chi connectivity index (χ4n) is 3.14. The fraction of sp³-hybridized carbons (Fsp3) is 0.526. The molecule has 0 radical (unpaired) electrons. The van der Waals surface area contributed by atoms with Crippen molar-refractivity contribution in [1.29, 1.82) is 0 Å². The van der Waals surface area contributed by atoms with Gasteiger partial charge in [0.15, 0.2) is 0 Å². The van der Waals surface area contributed by atoms with Gasteiger partial charge < -0.3 is 13.8 Å². The van der Waals surface area contributed by atoms with Gasteiger partial charge in [-0.3, -0.25) is 0 Å². The van der Waals surface area contributed by atoms with Gasteiger partial charge in [0, 0.05) is 13.1 Å². The molecule has 10 heteroatoms. The van der Waals surface area contributed by atoms with Crippen LogP contribution in [0, 0.1) is 0 Å². The van der Waals surface area contributed by atoms with E-state index in [1.807, 2.05) is 0 Å². The summed E-state index contributed by atoms with van der Waals surface area (Å²) in [6.45, 7) is 8.96. The first-order chi connectivity index (χ1) is 13.2.